The molecule has 0 amide bonds. The number of rotatable bonds is 7. The average Bonchev–Trinajstić information content (AvgIpc) is 1.97. The van der Waals surface area contributed by atoms with Crippen molar-refractivity contribution in [1.29, 1.82) is 0 Å². The zero-order valence-electron chi connectivity index (χ0n) is 7.24. The van der Waals surface area contributed by atoms with E-state index in [9.17, 15) is 0 Å². The van der Waals surface area contributed by atoms with Crippen LogP contribution in [0.3, 0.4) is 0 Å². The summed E-state index contributed by atoms with van der Waals surface area (Å²) in [6.07, 6.45) is 2.58. The van der Waals surface area contributed by atoms with Crippen molar-refractivity contribution in [3.05, 3.63) is 0 Å². The van der Waals surface area contributed by atoms with E-state index in [-0.39, 0.29) is 0 Å². The Kier molecular flexibility index (Phi) is 8.85. The van der Waals surface area contributed by atoms with E-state index >= 15 is 0 Å². The highest BCUT2D eigenvalue weighted by Crippen LogP contribution is 1.83. The van der Waals surface area contributed by atoms with Gasteiger partial charge in [-0.1, -0.05) is 13.8 Å². The fraction of sp³-hybridized carbons (Fsp3) is 1.00. The summed E-state index contributed by atoms with van der Waals surface area (Å²) in [5.74, 6) is 0. The normalized spacial score (nSPS) is 10.2. The van der Waals surface area contributed by atoms with Crippen LogP contribution in [0.1, 0.15) is 26.7 Å². The van der Waals surface area contributed by atoms with E-state index in [1.54, 1.807) is 0 Å². The molecular formula is C8H20N2. The molecule has 0 aromatic carbocycles. The van der Waals surface area contributed by atoms with Crippen molar-refractivity contribution in [2.24, 2.45) is 0 Å². The number of unbranched alkanes of at least 4 members (excludes halogenated alkanes) is 1. The first-order chi connectivity index (χ1) is 4.91. The molecule has 10 heavy (non-hydrogen) atoms. The molecule has 0 aliphatic carbocycles. The monoisotopic (exact) mass is 144 g/mol. The Balaban J connectivity index is 2.65. The minimum atomic E-state index is 1.10. The van der Waals surface area contributed by atoms with Crippen molar-refractivity contribution in [3.63, 3.8) is 0 Å². The van der Waals surface area contributed by atoms with E-state index in [0.29, 0.717) is 0 Å². The lowest BCUT2D eigenvalue weighted by atomic mass is 10.3. The van der Waals surface area contributed by atoms with Crippen LogP contribution in [-0.2, 0) is 0 Å². The Labute approximate surface area is 64.4 Å². The molecule has 0 spiro atoms. The van der Waals surface area contributed by atoms with Crippen molar-refractivity contribution >= 4 is 0 Å². The Morgan fingerprint density at radius 3 is 1.50 bits per heavy atom. The van der Waals surface area contributed by atoms with Gasteiger partial charge in [-0.15, -0.1) is 0 Å². The number of hydrogen-bond acceptors (Lipinski definition) is 2. The van der Waals surface area contributed by atoms with Crippen LogP contribution in [0.4, 0.5) is 0 Å². The standard InChI is InChI=1S/C8H20N2/c1-3-9-7-5-6-8-10-4-2/h9-10H,3-8H2,1-2H3. The lowest BCUT2D eigenvalue weighted by molar-refractivity contribution is 0.602. The van der Waals surface area contributed by atoms with Crippen LogP contribution in [0.5, 0.6) is 0 Å². The maximum atomic E-state index is 3.30. The Bertz CT molecular complexity index is 47.2. The largest absolute Gasteiger partial charge is 0.317 e. The van der Waals surface area contributed by atoms with Gasteiger partial charge >= 0.3 is 0 Å². The Morgan fingerprint density at radius 2 is 1.20 bits per heavy atom. The van der Waals surface area contributed by atoms with Crippen LogP contribution in [0.25, 0.3) is 0 Å². The highest BCUT2D eigenvalue weighted by molar-refractivity contribution is 4.47. The zero-order valence-corrected chi connectivity index (χ0v) is 7.24. The lowest BCUT2D eigenvalue weighted by Crippen LogP contribution is -2.18. The van der Waals surface area contributed by atoms with Gasteiger partial charge < -0.3 is 10.6 Å². The highest BCUT2D eigenvalue weighted by Gasteiger charge is 1.85. The van der Waals surface area contributed by atoms with Gasteiger partial charge in [0.25, 0.3) is 0 Å². The molecular weight excluding hydrogens is 124 g/mol. The molecule has 2 N–H and O–H groups in total. The van der Waals surface area contributed by atoms with Gasteiger partial charge in [0.05, 0.1) is 0 Å². The van der Waals surface area contributed by atoms with Gasteiger partial charge in [-0.2, -0.15) is 0 Å². The summed E-state index contributed by atoms with van der Waals surface area (Å²) in [4.78, 5) is 0. The van der Waals surface area contributed by atoms with Crippen molar-refractivity contribution in [3.8, 4) is 0 Å². The molecule has 0 aliphatic rings. The van der Waals surface area contributed by atoms with Crippen molar-refractivity contribution in [2.45, 2.75) is 26.7 Å². The van der Waals surface area contributed by atoms with Gasteiger partial charge in [0.2, 0.25) is 0 Å². The van der Waals surface area contributed by atoms with Crippen molar-refractivity contribution in [2.75, 3.05) is 26.2 Å². The van der Waals surface area contributed by atoms with E-state index in [1.165, 1.54) is 25.9 Å². The van der Waals surface area contributed by atoms with Gasteiger partial charge in [0.15, 0.2) is 0 Å². The van der Waals surface area contributed by atoms with Crippen LogP contribution >= 0.6 is 0 Å². The molecule has 2 nitrogen and oxygen atoms in total. The second-order valence-corrected chi connectivity index (χ2v) is 2.41. The summed E-state index contributed by atoms with van der Waals surface area (Å²) in [5, 5.41) is 6.59. The smallest absolute Gasteiger partial charge is 0.00486 e. The van der Waals surface area contributed by atoms with E-state index in [1.807, 2.05) is 0 Å². The zero-order chi connectivity index (χ0) is 7.66. The summed E-state index contributed by atoms with van der Waals surface area (Å²) in [6, 6.07) is 0. The molecule has 0 aliphatic heterocycles. The molecule has 2 heteroatoms. The van der Waals surface area contributed by atoms with Gasteiger partial charge in [-0.3, -0.25) is 0 Å². The van der Waals surface area contributed by atoms with E-state index in [0.717, 1.165) is 13.1 Å². The third-order valence-electron chi connectivity index (χ3n) is 1.46. The second-order valence-electron chi connectivity index (χ2n) is 2.41. The fourth-order valence-corrected chi connectivity index (χ4v) is 0.854. The van der Waals surface area contributed by atoms with Crippen molar-refractivity contribution in [1.82, 2.24) is 10.6 Å². The Morgan fingerprint density at radius 1 is 0.800 bits per heavy atom. The quantitative estimate of drug-likeness (QED) is 0.521. The topological polar surface area (TPSA) is 24.1 Å². The molecule has 62 valence electrons. The Hall–Kier alpha value is -0.0800. The van der Waals surface area contributed by atoms with Crippen LogP contribution in [-0.4, -0.2) is 26.2 Å². The van der Waals surface area contributed by atoms with E-state index < -0.39 is 0 Å². The molecule has 0 heterocycles. The molecule has 0 aromatic rings. The highest BCUT2D eigenvalue weighted by atomic mass is 14.9. The van der Waals surface area contributed by atoms with Gasteiger partial charge in [-0.25, -0.2) is 0 Å². The molecule has 0 aromatic heterocycles. The van der Waals surface area contributed by atoms with Gasteiger partial charge in [0, 0.05) is 0 Å². The van der Waals surface area contributed by atoms with Crippen LogP contribution in [0, 0.1) is 0 Å². The average molecular weight is 144 g/mol. The van der Waals surface area contributed by atoms with Crippen LogP contribution < -0.4 is 10.6 Å². The first-order valence-electron chi connectivity index (χ1n) is 4.33. The maximum Gasteiger partial charge on any atom is -0.00486 e. The van der Waals surface area contributed by atoms with E-state index in [2.05, 4.69) is 24.5 Å². The molecule has 0 rings (SSSR count). The second kappa shape index (κ2) is 8.92. The third-order valence-corrected chi connectivity index (χ3v) is 1.46. The summed E-state index contributed by atoms with van der Waals surface area (Å²) < 4.78 is 0. The first-order valence-corrected chi connectivity index (χ1v) is 4.33. The van der Waals surface area contributed by atoms with E-state index in [4.69, 9.17) is 0 Å². The lowest BCUT2D eigenvalue weighted by Gasteiger charge is -2.01. The predicted molar refractivity (Wildman–Crippen MR) is 46.3 cm³/mol. The molecule has 0 fully saturated rings. The fourth-order valence-electron chi connectivity index (χ4n) is 0.854. The van der Waals surface area contributed by atoms with Crippen LogP contribution in [0.15, 0.2) is 0 Å². The molecule has 0 atom stereocenters. The summed E-state index contributed by atoms with van der Waals surface area (Å²) in [6.45, 7) is 8.82. The molecule has 0 radical (unpaired) electrons. The molecule has 0 unspecified atom stereocenters. The predicted octanol–water partition coefficient (Wildman–Crippen LogP) is 0.986. The van der Waals surface area contributed by atoms with Gasteiger partial charge in [0.1, 0.15) is 0 Å². The minimum Gasteiger partial charge on any atom is -0.317 e. The summed E-state index contributed by atoms with van der Waals surface area (Å²) >= 11 is 0. The number of hydrogen-bond donors (Lipinski definition) is 2. The molecule has 0 saturated heterocycles. The summed E-state index contributed by atoms with van der Waals surface area (Å²) in [7, 11) is 0. The third kappa shape index (κ3) is 7.92. The maximum absolute atomic E-state index is 3.30. The molecule has 0 bridgehead atoms. The number of nitrogens with one attached hydrogen (secondary N) is 2. The van der Waals surface area contributed by atoms with Crippen LogP contribution in [0.2, 0.25) is 0 Å². The van der Waals surface area contributed by atoms with Gasteiger partial charge in [-0.05, 0) is 39.0 Å². The van der Waals surface area contributed by atoms with Crippen molar-refractivity contribution < 1.29 is 0 Å². The SMILES string of the molecule is CCNCCCCNCC. The summed E-state index contributed by atoms with van der Waals surface area (Å²) in [5.41, 5.74) is 0. The molecule has 0 saturated carbocycles. The first kappa shape index (κ1) is 9.92. The minimum absolute atomic E-state index is 1.10.